The van der Waals surface area contributed by atoms with Gasteiger partial charge in [0.25, 0.3) is 0 Å². The van der Waals surface area contributed by atoms with Gasteiger partial charge in [-0.15, -0.1) is 0 Å². The largest absolute Gasteiger partial charge is 0.493 e. The molecule has 1 atom stereocenters. The molecule has 1 fully saturated rings. The first-order chi connectivity index (χ1) is 8.15. The Morgan fingerprint density at radius 1 is 1.18 bits per heavy atom. The molecule has 1 aromatic rings. The summed E-state index contributed by atoms with van der Waals surface area (Å²) in [6.07, 6.45) is 0.189. The normalized spacial score (nSPS) is 19.1. The van der Waals surface area contributed by atoms with E-state index in [1.165, 1.54) is 7.11 Å². The van der Waals surface area contributed by atoms with E-state index in [-0.39, 0.29) is 18.2 Å². The van der Waals surface area contributed by atoms with E-state index in [4.69, 9.17) is 9.47 Å². The fraction of sp³-hybridized carbons (Fsp3) is 0.333. The third kappa shape index (κ3) is 2.08. The Bertz CT molecular complexity index is 470. The number of rotatable bonds is 3. The van der Waals surface area contributed by atoms with Crippen molar-refractivity contribution in [3.8, 4) is 11.5 Å². The van der Waals surface area contributed by atoms with Crippen LogP contribution in [0, 0.1) is 0 Å². The summed E-state index contributed by atoms with van der Waals surface area (Å²) in [7, 11) is 3.07. The van der Waals surface area contributed by atoms with Crippen LogP contribution in [0.1, 0.15) is 17.9 Å². The Morgan fingerprint density at radius 3 is 2.41 bits per heavy atom. The van der Waals surface area contributed by atoms with Crippen LogP contribution in [-0.4, -0.2) is 26.0 Å². The number of nitrogens with one attached hydrogen (secondary N) is 1. The molecular weight excluding hydrogens is 222 g/mol. The highest BCUT2D eigenvalue weighted by Crippen LogP contribution is 2.33. The van der Waals surface area contributed by atoms with Gasteiger partial charge in [0, 0.05) is 6.42 Å². The van der Waals surface area contributed by atoms with Crippen molar-refractivity contribution < 1.29 is 19.1 Å². The molecule has 5 heteroatoms. The number of carbonyl (C=O) groups excluding carboxylic acids is 2. The predicted octanol–water partition coefficient (Wildman–Crippen LogP) is 0.834. The summed E-state index contributed by atoms with van der Waals surface area (Å²) in [5, 5.41) is 2.28. The van der Waals surface area contributed by atoms with Gasteiger partial charge in [-0.05, 0) is 17.7 Å². The molecular formula is C12H13NO4. The summed E-state index contributed by atoms with van der Waals surface area (Å²) in [4.78, 5) is 22.7. The van der Waals surface area contributed by atoms with Gasteiger partial charge in [-0.1, -0.05) is 6.07 Å². The van der Waals surface area contributed by atoms with Crippen molar-refractivity contribution in [2.45, 2.75) is 12.3 Å². The van der Waals surface area contributed by atoms with Crippen LogP contribution in [0.25, 0.3) is 0 Å². The number of carbonyl (C=O) groups is 2. The SMILES string of the molecule is COc1ccc([C@@H]2CC(=O)NC2=O)cc1OC. The minimum absolute atomic E-state index is 0.189. The first-order valence-corrected chi connectivity index (χ1v) is 5.21. The summed E-state index contributed by atoms with van der Waals surface area (Å²) in [5.41, 5.74) is 0.756. The van der Waals surface area contributed by atoms with Gasteiger partial charge in [0.05, 0.1) is 20.1 Å². The van der Waals surface area contributed by atoms with Gasteiger partial charge in [-0.3, -0.25) is 14.9 Å². The molecule has 90 valence electrons. The van der Waals surface area contributed by atoms with Crippen molar-refractivity contribution in [2.24, 2.45) is 0 Å². The Balaban J connectivity index is 2.33. The van der Waals surface area contributed by atoms with E-state index in [2.05, 4.69) is 5.32 Å². The van der Waals surface area contributed by atoms with Gasteiger partial charge >= 0.3 is 0 Å². The number of hydrogen-bond acceptors (Lipinski definition) is 4. The zero-order chi connectivity index (χ0) is 12.4. The topological polar surface area (TPSA) is 64.6 Å². The minimum atomic E-state index is -0.428. The molecule has 1 heterocycles. The molecule has 0 saturated carbocycles. The van der Waals surface area contributed by atoms with Gasteiger partial charge in [-0.25, -0.2) is 0 Å². The number of methoxy groups -OCH3 is 2. The van der Waals surface area contributed by atoms with Crippen molar-refractivity contribution >= 4 is 11.8 Å². The first kappa shape index (κ1) is 11.4. The lowest BCUT2D eigenvalue weighted by atomic mass is 9.97. The summed E-state index contributed by atoms with van der Waals surface area (Å²) in [6.45, 7) is 0. The molecule has 1 N–H and O–H groups in total. The van der Waals surface area contributed by atoms with E-state index in [9.17, 15) is 9.59 Å². The molecule has 2 amide bonds. The van der Waals surface area contributed by atoms with Crippen molar-refractivity contribution in [1.82, 2.24) is 5.32 Å². The molecule has 0 radical (unpaired) electrons. The van der Waals surface area contributed by atoms with Crippen molar-refractivity contribution in [3.63, 3.8) is 0 Å². The second kappa shape index (κ2) is 4.45. The Hall–Kier alpha value is -2.04. The van der Waals surface area contributed by atoms with Crippen molar-refractivity contribution in [1.29, 1.82) is 0 Å². The van der Waals surface area contributed by atoms with Gasteiger partial charge in [-0.2, -0.15) is 0 Å². The van der Waals surface area contributed by atoms with Crippen LogP contribution in [0.4, 0.5) is 0 Å². The second-order valence-corrected chi connectivity index (χ2v) is 3.78. The fourth-order valence-corrected chi connectivity index (χ4v) is 1.89. The molecule has 0 aliphatic carbocycles. The lowest BCUT2D eigenvalue weighted by Gasteiger charge is -2.11. The quantitative estimate of drug-likeness (QED) is 0.788. The van der Waals surface area contributed by atoms with Crippen LogP contribution >= 0.6 is 0 Å². The molecule has 1 aliphatic heterocycles. The van der Waals surface area contributed by atoms with Crippen LogP contribution in [0.2, 0.25) is 0 Å². The van der Waals surface area contributed by atoms with Crippen molar-refractivity contribution in [3.05, 3.63) is 23.8 Å². The average Bonchev–Trinajstić information content (AvgIpc) is 2.67. The van der Waals surface area contributed by atoms with E-state index in [0.717, 1.165) is 5.56 Å². The Kier molecular flexibility index (Phi) is 2.99. The minimum Gasteiger partial charge on any atom is -0.493 e. The Morgan fingerprint density at radius 2 is 1.88 bits per heavy atom. The van der Waals surface area contributed by atoms with E-state index in [1.54, 1.807) is 25.3 Å². The Labute approximate surface area is 98.7 Å². The summed E-state index contributed by atoms with van der Waals surface area (Å²) >= 11 is 0. The fourth-order valence-electron chi connectivity index (χ4n) is 1.89. The number of hydrogen-bond donors (Lipinski definition) is 1. The molecule has 1 aliphatic rings. The zero-order valence-corrected chi connectivity index (χ0v) is 9.65. The molecule has 5 nitrogen and oxygen atoms in total. The molecule has 17 heavy (non-hydrogen) atoms. The van der Waals surface area contributed by atoms with Gasteiger partial charge < -0.3 is 9.47 Å². The molecule has 1 aromatic carbocycles. The van der Waals surface area contributed by atoms with Crippen molar-refractivity contribution in [2.75, 3.05) is 14.2 Å². The van der Waals surface area contributed by atoms with E-state index < -0.39 is 5.92 Å². The molecule has 1 saturated heterocycles. The molecule has 0 aromatic heterocycles. The van der Waals surface area contributed by atoms with E-state index in [1.807, 2.05) is 0 Å². The molecule has 0 unspecified atom stereocenters. The van der Waals surface area contributed by atoms with Crippen LogP contribution in [0.15, 0.2) is 18.2 Å². The smallest absolute Gasteiger partial charge is 0.234 e. The predicted molar refractivity (Wildman–Crippen MR) is 60.1 cm³/mol. The average molecular weight is 235 g/mol. The molecule has 0 spiro atoms. The third-order valence-corrected chi connectivity index (χ3v) is 2.78. The lowest BCUT2D eigenvalue weighted by molar-refractivity contribution is -0.125. The molecule has 2 rings (SSSR count). The highest BCUT2D eigenvalue weighted by Gasteiger charge is 2.32. The number of amides is 2. The number of imide groups is 1. The highest BCUT2D eigenvalue weighted by molar-refractivity contribution is 6.06. The monoisotopic (exact) mass is 235 g/mol. The lowest BCUT2D eigenvalue weighted by Crippen LogP contribution is -2.21. The van der Waals surface area contributed by atoms with Crippen LogP contribution in [0.5, 0.6) is 11.5 Å². The zero-order valence-electron chi connectivity index (χ0n) is 9.65. The van der Waals surface area contributed by atoms with E-state index in [0.29, 0.717) is 11.5 Å². The summed E-state index contributed by atoms with van der Waals surface area (Å²) in [5.74, 6) is 0.220. The van der Waals surface area contributed by atoms with Crippen LogP contribution < -0.4 is 14.8 Å². The maximum absolute atomic E-state index is 11.5. The first-order valence-electron chi connectivity index (χ1n) is 5.21. The highest BCUT2D eigenvalue weighted by atomic mass is 16.5. The van der Waals surface area contributed by atoms with Gasteiger partial charge in [0.2, 0.25) is 11.8 Å². The number of benzene rings is 1. The van der Waals surface area contributed by atoms with Crippen LogP contribution in [0.3, 0.4) is 0 Å². The third-order valence-electron chi connectivity index (χ3n) is 2.78. The maximum atomic E-state index is 11.5. The van der Waals surface area contributed by atoms with Crippen LogP contribution in [-0.2, 0) is 9.59 Å². The standard InChI is InChI=1S/C12H13NO4/c1-16-9-4-3-7(5-10(9)17-2)8-6-11(14)13-12(8)15/h3-5,8H,6H2,1-2H3,(H,13,14,15)/t8-/m0/s1. The van der Waals surface area contributed by atoms with Gasteiger partial charge in [0.1, 0.15) is 0 Å². The maximum Gasteiger partial charge on any atom is 0.234 e. The van der Waals surface area contributed by atoms with E-state index >= 15 is 0 Å². The number of ether oxygens (including phenoxy) is 2. The summed E-state index contributed by atoms with van der Waals surface area (Å²) in [6, 6.07) is 5.22. The van der Waals surface area contributed by atoms with Gasteiger partial charge in [0.15, 0.2) is 11.5 Å². The molecule has 0 bridgehead atoms. The second-order valence-electron chi connectivity index (χ2n) is 3.78. The summed E-state index contributed by atoms with van der Waals surface area (Å²) < 4.78 is 10.3.